The molecular formula is C19H28N2O5S. The van der Waals surface area contributed by atoms with Gasteiger partial charge in [-0.2, -0.15) is 4.31 Å². The molecule has 0 bridgehead atoms. The number of carbonyl (C=O) groups is 1. The van der Waals surface area contributed by atoms with Gasteiger partial charge in [-0.1, -0.05) is 0 Å². The number of rotatable bonds is 8. The normalized spacial score (nSPS) is 20.7. The minimum Gasteiger partial charge on any atom is -0.496 e. The fourth-order valence-corrected chi connectivity index (χ4v) is 5.13. The first kappa shape index (κ1) is 20.1. The van der Waals surface area contributed by atoms with Gasteiger partial charge in [0.2, 0.25) is 15.9 Å². The first-order chi connectivity index (χ1) is 13.0. The van der Waals surface area contributed by atoms with Crippen molar-refractivity contribution in [3.63, 3.8) is 0 Å². The summed E-state index contributed by atoms with van der Waals surface area (Å²) >= 11 is 0. The van der Waals surface area contributed by atoms with E-state index in [1.165, 1.54) is 4.31 Å². The standard InChI is InChI=1S/C19H28N2O5S/c1-25-18-8-7-17(27(23,24)21-10-2-3-11-21)13-15(18)6-9-19(22)20-14-16-5-4-12-26-16/h7-8,13,16H,2-6,9-12,14H2,1H3,(H,20,22)/t16-/m0/s1. The average molecular weight is 397 g/mol. The van der Waals surface area contributed by atoms with Gasteiger partial charge in [0.05, 0.1) is 18.1 Å². The fraction of sp³-hybridized carbons (Fsp3) is 0.632. The number of sulfonamides is 1. The second-order valence-electron chi connectivity index (χ2n) is 7.02. The lowest BCUT2D eigenvalue weighted by molar-refractivity contribution is -0.121. The molecule has 3 rings (SSSR count). The smallest absolute Gasteiger partial charge is 0.243 e. The zero-order valence-corrected chi connectivity index (χ0v) is 16.6. The van der Waals surface area contributed by atoms with Crippen molar-refractivity contribution in [3.8, 4) is 5.75 Å². The van der Waals surface area contributed by atoms with Crippen molar-refractivity contribution in [1.29, 1.82) is 0 Å². The summed E-state index contributed by atoms with van der Waals surface area (Å²) in [6.07, 6.45) is 4.61. The third-order valence-electron chi connectivity index (χ3n) is 5.13. The molecule has 0 aromatic heterocycles. The fourth-order valence-electron chi connectivity index (χ4n) is 3.56. The van der Waals surface area contributed by atoms with Crippen LogP contribution in [0.25, 0.3) is 0 Å². The molecule has 2 heterocycles. The molecular weight excluding hydrogens is 368 g/mol. The highest BCUT2D eigenvalue weighted by Crippen LogP contribution is 2.27. The Morgan fingerprint density at radius 2 is 2.07 bits per heavy atom. The molecule has 2 aliphatic heterocycles. The van der Waals surface area contributed by atoms with Crippen LogP contribution in [-0.2, 0) is 26.0 Å². The van der Waals surface area contributed by atoms with E-state index >= 15 is 0 Å². The predicted octanol–water partition coefficient (Wildman–Crippen LogP) is 1.71. The molecule has 0 saturated carbocycles. The number of aryl methyl sites for hydroxylation is 1. The van der Waals surface area contributed by atoms with Crippen LogP contribution in [0.4, 0.5) is 0 Å². The van der Waals surface area contributed by atoms with E-state index in [0.29, 0.717) is 31.8 Å². The first-order valence-electron chi connectivity index (χ1n) is 9.56. The molecule has 2 aliphatic rings. The highest BCUT2D eigenvalue weighted by atomic mass is 32.2. The van der Waals surface area contributed by atoms with E-state index in [9.17, 15) is 13.2 Å². The van der Waals surface area contributed by atoms with Gasteiger partial charge in [-0.25, -0.2) is 8.42 Å². The highest BCUT2D eigenvalue weighted by molar-refractivity contribution is 7.89. The van der Waals surface area contributed by atoms with E-state index in [2.05, 4.69) is 5.32 Å². The maximum atomic E-state index is 12.8. The summed E-state index contributed by atoms with van der Waals surface area (Å²) in [4.78, 5) is 12.4. The van der Waals surface area contributed by atoms with E-state index in [4.69, 9.17) is 9.47 Å². The van der Waals surface area contributed by atoms with E-state index in [1.807, 2.05) is 0 Å². The van der Waals surface area contributed by atoms with Crippen molar-refractivity contribution in [2.45, 2.75) is 49.5 Å². The largest absolute Gasteiger partial charge is 0.496 e. The lowest BCUT2D eigenvalue weighted by atomic mass is 10.1. The minimum absolute atomic E-state index is 0.0691. The Morgan fingerprint density at radius 1 is 1.30 bits per heavy atom. The van der Waals surface area contributed by atoms with Gasteiger partial charge in [0, 0.05) is 32.7 Å². The number of hydrogen-bond acceptors (Lipinski definition) is 5. The second-order valence-corrected chi connectivity index (χ2v) is 8.96. The number of benzene rings is 1. The molecule has 1 amide bonds. The summed E-state index contributed by atoms with van der Waals surface area (Å²) in [5.41, 5.74) is 0.727. The van der Waals surface area contributed by atoms with Gasteiger partial charge < -0.3 is 14.8 Å². The molecule has 8 heteroatoms. The number of ether oxygens (including phenoxy) is 2. The number of carbonyl (C=O) groups excluding carboxylic acids is 1. The van der Waals surface area contributed by atoms with Gasteiger partial charge in [-0.05, 0) is 55.9 Å². The molecule has 150 valence electrons. The molecule has 1 aromatic rings. The Hall–Kier alpha value is -1.64. The quantitative estimate of drug-likeness (QED) is 0.723. The summed E-state index contributed by atoms with van der Waals surface area (Å²) < 4.78 is 37.9. The molecule has 0 radical (unpaired) electrons. The molecule has 7 nitrogen and oxygen atoms in total. The maximum absolute atomic E-state index is 12.8. The highest BCUT2D eigenvalue weighted by Gasteiger charge is 2.27. The van der Waals surface area contributed by atoms with Gasteiger partial charge in [0.25, 0.3) is 0 Å². The number of nitrogens with zero attached hydrogens (tertiary/aromatic N) is 1. The molecule has 1 atom stereocenters. The Kier molecular flexibility index (Phi) is 6.73. The first-order valence-corrected chi connectivity index (χ1v) is 11.0. The molecule has 0 aliphatic carbocycles. The summed E-state index contributed by atoms with van der Waals surface area (Å²) in [7, 11) is -1.94. The van der Waals surface area contributed by atoms with Gasteiger partial charge in [0.1, 0.15) is 5.75 Å². The lowest BCUT2D eigenvalue weighted by Gasteiger charge is -2.17. The van der Waals surface area contributed by atoms with Gasteiger partial charge >= 0.3 is 0 Å². The van der Waals surface area contributed by atoms with Crippen LogP contribution in [0.3, 0.4) is 0 Å². The van der Waals surface area contributed by atoms with Gasteiger partial charge in [0.15, 0.2) is 0 Å². The van der Waals surface area contributed by atoms with Gasteiger partial charge in [-0.3, -0.25) is 4.79 Å². The number of nitrogens with one attached hydrogen (secondary N) is 1. The SMILES string of the molecule is COc1ccc(S(=O)(=O)N2CCCC2)cc1CCC(=O)NC[C@@H]1CCCO1. The summed E-state index contributed by atoms with van der Waals surface area (Å²) in [5, 5.41) is 2.89. The van der Waals surface area contributed by atoms with Crippen molar-refractivity contribution < 1.29 is 22.7 Å². The summed E-state index contributed by atoms with van der Waals surface area (Å²) in [6, 6.07) is 4.88. The third kappa shape index (κ3) is 5.00. The Balaban J connectivity index is 1.63. The lowest BCUT2D eigenvalue weighted by Crippen LogP contribution is -2.31. The minimum atomic E-state index is -3.49. The van der Waals surface area contributed by atoms with Crippen molar-refractivity contribution >= 4 is 15.9 Å². The summed E-state index contributed by atoms with van der Waals surface area (Å²) in [5.74, 6) is 0.530. The summed E-state index contributed by atoms with van der Waals surface area (Å²) in [6.45, 7) is 2.42. The molecule has 1 N–H and O–H groups in total. The number of amides is 1. The third-order valence-corrected chi connectivity index (χ3v) is 7.02. The Labute approximate surface area is 161 Å². The van der Waals surface area contributed by atoms with Crippen LogP contribution in [0.15, 0.2) is 23.1 Å². The van der Waals surface area contributed by atoms with Crippen LogP contribution in [-0.4, -0.2) is 58.1 Å². The van der Waals surface area contributed by atoms with Crippen LogP contribution < -0.4 is 10.1 Å². The van der Waals surface area contributed by atoms with Crippen molar-refractivity contribution in [3.05, 3.63) is 23.8 Å². The molecule has 0 spiro atoms. The van der Waals surface area contributed by atoms with E-state index < -0.39 is 10.0 Å². The van der Waals surface area contributed by atoms with E-state index in [-0.39, 0.29) is 23.3 Å². The molecule has 27 heavy (non-hydrogen) atoms. The monoisotopic (exact) mass is 396 g/mol. The molecule has 0 unspecified atom stereocenters. The maximum Gasteiger partial charge on any atom is 0.243 e. The average Bonchev–Trinajstić information content (AvgIpc) is 3.38. The molecule has 1 aromatic carbocycles. The Morgan fingerprint density at radius 3 is 2.74 bits per heavy atom. The van der Waals surface area contributed by atoms with E-state index in [1.54, 1.807) is 25.3 Å². The van der Waals surface area contributed by atoms with Crippen LogP contribution in [0.2, 0.25) is 0 Å². The second kappa shape index (κ2) is 9.03. The van der Waals surface area contributed by atoms with Crippen molar-refractivity contribution in [2.24, 2.45) is 0 Å². The molecule has 2 saturated heterocycles. The van der Waals surface area contributed by atoms with E-state index in [0.717, 1.165) is 37.9 Å². The Bertz CT molecular complexity index is 753. The predicted molar refractivity (Wildman–Crippen MR) is 101 cm³/mol. The van der Waals surface area contributed by atoms with Crippen LogP contribution in [0.1, 0.15) is 37.7 Å². The number of methoxy groups -OCH3 is 1. The van der Waals surface area contributed by atoms with Crippen LogP contribution in [0.5, 0.6) is 5.75 Å². The number of hydrogen-bond donors (Lipinski definition) is 1. The topological polar surface area (TPSA) is 84.9 Å². The zero-order chi connectivity index (χ0) is 19.3. The van der Waals surface area contributed by atoms with Crippen molar-refractivity contribution in [1.82, 2.24) is 9.62 Å². The van der Waals surface area contributed by atoms with Gasteiger partial charge in [-0.15, -0.1) is 0 Å². The zero-order valence-electron chi connectivity index (χ0n) is 15.8. The molecule has 2 fully saturated rings. The van der Waals surface area contributed by atoms with Crippen LogP contribution >= 0.6 is 0 Å². The van der Waals surface area contributed by atoms with Crippen LogP contribution in [0, 0.1) is 0 Å². The van der Waals surface area contributed by atoms with Crippen molar-refractivity contribution in [2.75, 3.05) is 33.4 Å².